The minimum atomic E-state index is 0. The minimum Gasteiger partial charge on any atom is -0.357 e. The number of guanidine groups is 1. The van der Waals surface area contributed by atoms with E-state index < -0.39 is 0 Å². The lowest BCUT2D eigenvalue weighted by Crippen LogP contribution is -2.47. The zero-order chi connectivity index (χ0) is 18.4. The van der Waals surface area contributed by atoms with Crippen molar-refractivity contribution in [3.05, 3.63) is 22.4 Å². The highest BCUT2D eigenvalue weighted by Crippen LogP contribution is 2.27. The normalized spacial score (nSPS) is 23.9. The van der Waals surface area contributed by atoms with Gasteiger partial charge in [0.05, 0.1) is 6.54 Å². The molecule has 2 aliphatic carbocycles. The molecule has 1 aromatic rings. The maximum Gasteiger partial charge on any atom is 0.223 e. The molecule has 2 aliphatic rings. The smallest absolute Gasteiger partial charge is 0.223 e. The fourth-order valence-corrected chi connectivity index (χ4v) is 4.29. The van der Waals surface area contributed by atoms with E-state index in [4.69, 9.17) is 4.99 Å². The van der Waals surface area contributed by atoms with Crippen molar-refractivity contribution in [2.24, 2.45) is 10.9 Å². The van der Waals surface area contributed by atoms with Crippen molar-refractivity contribution >= 4 is 47.2 Å². The van der Waals surface area contributed by atoms with Crippen LogP contribution in [0.3, 0.4) is 0 Å². The van der Waals surface area contributed by atoms with E-state index in [1.165, 1.54) is 4.88 Å². The van der Waals surface area contributed by atoms with Crippen molar-refractivity contribution in [1.82, 2.24) is 16.0 Å². The SMILES string of the molecule is CCNC(=NCC(C)c1cccs1)NC1CCCC(C(=O)NC2CC2)C1.I. The molecule has 3 N–H and O–H groups in total. The number of hydrogen-bond acceptors (Lipinski definition) is 3. The van der Waals surface area contributed by atoms with E-state index >= 15 is 0 Å². The molecule has 3 atom stereocenters. The Morgan fingerprint density at radius 2 is 2.07 bits per heavy atom. The summed E-state index contributed by atoms with van der Waals surface area (Å²) >= 11 is 1.79. The van der Waals surface area contributed by atoms with Crippen LogP contribution in [-0.4, -0.2) is 37.0 Å². The third-order valence-electron chi connectivity index (χ3n) is 5.21. The number of rotatable bonds is 7. The average molecular weight is 504 g/mol. The molecule has 1 heterocycles. The average Bonchev–Trinajstić information content (AvgIpc) is 3.28. The molecule has 1 aromatic heterocycles. The number of carbonyl (C=O) groups excluding carboxylic acids is 1. The number of nitrogens with zero attached hydrogens (tertiary/aromatic N) is 1. The van der Waals surface area contributed by atoms with Gasteiger partial charge in [-0.25, -0.2) is 0 Å². The molecule has 2 saturated carbocycles. The van der Waals surface area contributed by atoms with Crippen LogP contribution in [0.4, 0.5) is 0 Å². The zero-order valence-corrected chi connectivity index (χ0v) is 19.5. The van der Waals surface area contributed by atoms with Crippen molar-refractivity contribution in [1.29, 1.82) is 0 Å². The topological polar surface area (TPSA) is 65.5 Å². The number of thiophene rings is 1. The first-order valence-corrected chi connectivity index (χ1v) is 10.9. The van der Waals surface area contributed by atoms with E-state index in [2.05, 4.69) is 47.3 Å². The first-order chi connectivity index (χ1) is 12.7. The Hall–Kier alpha value is -0.830. The van der Waals surface area contributed by atoms with Crippen molar-refractivity contribution in [3.63, 3.8) is 0 Å². The van der Waals surface area contributed by atoms with Crippen LogP contribution in [0.1, 0.15) is 63.2 Å². The number of halogens is 1. The van der Waals surface area contributed by atoms with Crippen molar-refractivity contribution in [2.45, 2.75) is 70.4 Å². The van der Waals surface area contributed by atoms with Gasteiger partial charge in [-0.05, 0) is 50.5 Å². The van der Waals surface area contributed by atoms with Crippen LogP contribution in [0.2, 0.25) is 0 Å². The van der Waals surface area contributed by atoms with Crippen LogP contribution in [0.5, 0.6) is 0 Å². The highest BCUT2D eigenvalue weighted by molar-refractivity contribution is 14.0. The minimum absolute atomic E-state index is 0. The van der Waals surface area contributed by atoms with Gasteiger partial charge < -0.3 is 16.0 Å². The van der Waals surface area contributed by atoms with Crippen LogP contribution in [0, 0.1) is 5.92 Å². The van der Waals surface area contributed by atoms with Crippen LogP contribution in [0.15, 0.2) is 22.5 Å². The molecular formula is C20H33IN4OS. The van der Waals surface area contributed by atoms with Gasteiger partial charge in [-0.1, -0.05) is 19.4 Å². The van der Waals surface area contributed by atoms with Crippen molar-refractivity contribution < 1.29 is 4.79 Å². The summed E-state index contributed by atoms with van der Waals surface area (Å²) in [6.45, 7) is 5.93. The number of carbonyl (C=O) groups is 1. The lowest BCUT2D eigenvalue weighted by molar-refractivity contribution is -0.126. The third-order valence-corrected chi connectivity index (χ3v) is 6.31. The Bertz CT molecular complexity index is 603. The molecule has 0 spiro atoms. The fraction of sp³-hybridized carbons (Fsp3) is 0.700. The maximum absolute atomic E-state index is 12.4. The van der Waals surface area contributed by atoms with Gasteiger partial charge in [0.25, 0.3) is 0 Å². The highest BCUT2D eigenvalue weighted by Gasteiger charge is 2.31. The quantitative estimate of drug-likeness (QED) is 0.300. The monoisotopic (exact) mass is 504 g/mol. The molecule has 0 aliphatic heterocycles. The van der Waals surface area contributed by atoms with E-state index in [1.54, 1.807) is 11.3 Å². The largest absolute Gasteiger partial charge is 0.357 e. The standard InChI is InChI=1S/C20H32N4OS.HI/c1-3-21-20(22-13-14(2)18-8-5-11-26-18)24-17-7-4-6-15(12-17)19(25)23-16-9-10-16;/h5,8,11,14-17H,3-4,6-7,9-10,12-13H2,1-2H3,(H,23,25)(H2,21,22,24);1H. The van der Waals surface area contributed by atoms with Gasteiger partial charge in [-0.3, -0.25) is 9.79 Å². The van der Waals surface area contributed by atoms with Crippen LogP contribution >= 0.6 is 35.3 Å². The molecule has 0 radical (unpaired) electrons. The number of aliphatic imine (C=N–C) groups is 1. The van der Waals surface area contributed by atoms with Gasteiger partial charge >= 0.3 is 0 Å². The van der Waals surface area contributed by atoms with Gasteiger partial charge in [-0.15, -0.1) is 35.3 Å². The first kappa shape index (κ1) is 22.5. The molecule has 0 saturated heterocycles. The molecular weight excluding hydrogens is 471 g/mol. The zero-order valence-electron chi connectivity index (χ0n) is 16.4. The van der Waals surface area contributed by atoms with Gasteiger partial charge in [0.15, 0.2) is 5.96 Å². The van der Waals surface area contributed by atoms with E-state index in [9.17, 15) is 4.79 Å². The second kappa shape index (κ2) is 11.2. The molecule has 0 aromatic carbocycles. The van der Waals surface area contributed by atoms with Crippen LogP contribution in [0.25, 0.3) is 0 Å². The van der Waals surface area contributed by atoms with Gasteiger partial charge in [0, 0.05) is 35.3 Å². The Morgan fingerprint density at radius 1 is 1.26 bits per heavy atom. The molecule has 1 amide bonds. The lowest BCUT2D eigenvalue weighted by Gasteiger charge is -2.30. The summed E-state index contributed by atoms with van der Waals surface area (Å²) in [5, 5.41) is 12.2. The molecule has 3 rings (SSSR count). The second-order valence-corrected chi connectivity index (χ2v) is 8.60. The van der Waals surface area contributed by atoms with Crippen LogP contribution in [-0.2, 0) is 4.79 Å². The summed E-state index contributed by atoms with van der Waals surface area (Å²) < 4.78 is 0. The summed E-state index contributed by atoms with van der Waals surface area (Å²) in [6.07, 6.45) is 6.44. The second-order valence-electron chi connectivity index (χ2n) is 7.62. The number of nitrogens with one attached hydrogen (secondary N) is 3. The van der Waals surface area contributed by atoms with E-state index in [0.717, 1.165) is 57.6 Å². The number of amides is 1. The predicted octanol–water partition coefficient (Wildman–Crippen LogP) is 3.86. The third kappa shape index (κ3) is 7.25. The molecule has 7 heteroatoms. The summed E-state index contributed by atoms with van der Waals surface area (Å²) in [5.41, 5.74) is 0. The molecule has 2 fully saturated rings. The Morgan fingerprint density at radius 3 is 2.74 bits per heavy atom. The molecule has 27 heavy (non-hydrogen) atoms. The van der Waals surface area contributed by atoms with Gasteiger partial charge in [0.2, 0.25) is 5.91 Å². The summed E-state index contributed by atoms with van der Waals surface area (Å²) in [6, 6.07) is 5.05. The van der Waals surface area contributed by atoms with E-state index in [1.807, 2.05) is 0 Å². The molecule has 3 unspecified atom stereocenters. The van der Waals surface area contributed by atoms with Crippen molar-refractivity contribution in [2.75, 3.05) is 13.1 Å². The Labute approximate surface area is 184 Å². The van der Waals surface area contributed by atoms with Gasteiger partial charge in [0.1, 0.15) is 0 Å². The van der Waals surface area contributed by atoms with E-state index in [-0.39, 0.29) is 35.8 Å². The Balaban J connectivity index is 0.00000261. The Kier molecular flexibility index (Phi) is 9.35. The number of hydrogen-bond donors (Lipinski definition) is 3. The van der Waals surface area contributed by atoms with E-state index in [0.29, 0.717) is 18.0 Å². The lowest BCUT2D eigenvalue weighted by atomic mass is 9.85. The fourth-order valence-electron chi connectivity index (χ4n) is 3.51. The maximum atomic E-state index is 12.4. The van der Waals surface area contributed by atoms with Crippen LogP contribution < -0.4 is 16.0 Å². The first-order valence-electron chi connectivity index (χ1n) is 10.0. The van der Waals surface area contributed by atoms with Crippen molar-refractivity contribution in [3.8, 4) is 0 Å². The highest BCUT2D eigenvalue weighted by atomic mass is 127. The summed E-state index contributed by atoms with van der Waals surface area (Å²) in [7, 11) is 0. The molecule has 0 bridgehead atoms. The predicted molar refractivity (Wildman–Crippen MR) is 124 cm³/mol. The summed E-state index contributed by atoms with van der Waals surface area (Å²) in [4.78, 5) is 18.5. The molecule has 152 valence electrons. The molecule has 5 nitrogen and oxygen atoms in total. The van der Waals surface area contributed by atoms with Gasteiger partial charge in [-0.2, -0.15) is 0 Å². The summed E-state index contributed by atoms with van der Waals surface area (Å²) in [5.74, 6) is 1.71.